The van der Waals surface area contributed by atoms with Crippen LogP contribution >= 0.6 is 15.9 Å². The molecule has 3 nitrogen and oxygen atoms in total. The molecule has 2 aromatic rings. The molecule has 0 aliphatic rings. The molecule has 0 bridgehead atoms. The van der Waals surface area contributed by atoms with Gasteiger partial charge in [0, 0.05) is 30.0 Å². The summed E-state index contributed by atoms with van der Waals surface area (Å²) in [7, 11) is 1.70. The molecule has 0 saturated heterocycles. The maximum absolute atomic E-state index is 5.44. The van der Waals surface area contributed by atoms with E-state index in [2.05, 4.69) is 64.2 Å². The van der Waals surface area contributed by atoms with E-state index in [4.69, 9.17) is 4.74 Å². The lowest BCUT2D eigenvalue weighted by molar-refractivity contribution is 0.416. The summed E-state index contributed by atoms with van der Waals surface area (Å²) in [6.07, 6.45) is 5.48. The molecule has 0 aliphatic heterocycles. The number of halogens is 1. The first-order valence-corrected chi connectivity index (χ1v) is 7.66. The lowest BCUT2D eigenvalue weighted by Gasteiger charge is -2.14. The van der Waals surface area contributed by atoms with Crippen molar-refractivity contribution in [2.75, 3.05) is 12.4 Å². The number of benzene rings is 1. The Bertz CT molecular complexity index is 578. The highest BCUT2D eigenvalue weighted by molar-refractivity contribution is 9.10. The molecular weight excluding hydrogens is 316 g/mol. The minimum Gasteiger partial charge on any atom is -0.495 e. The number of anilines is 1. The van der Waals surface area contributed by atoms with E-state index in [-0.39, 0.29) is 0 Å². The first-order valence-electron chi connectivity index (χ1n) is 6.86. The molecule has 0 fully saturated rings. The Kier molecular flexibility index (Phi) is 5.12. The number of methoxy groups -OCH3 is 1. The van der Waals surface area contributed by atoms with Crippen LogP contribution in [0.15, 0.2) is 35.1 Å². The van der Waals surface area contributed by atoms with E-state index in [1.807, 2.05) is 6.07 Å². The summed E-state index contributed by atoms with van der Waals surface area (Å²) in [5.74, 6) is 0.866. The second-order valence-corrected chi connectivity index (χ2v) is 5.83. The van der Waals surface area contributed by atoms with Crippen molar-refractivity contribution in [2.24, 2.45) is 0 Å². The second-order valence-electron chi connectivity index (χ2n) is 4.91. The summed E-state index contributed by atoms with van der Waals surface area (Å²) >= 11 is 3.49. The van der Waals surface area contributed by atoms with E-state index in [0.29, 0.717) is 0 Å². The van der Waals surface area contributed by atoms with Crippen molar-refractivity contribution >= 4 is 21.6 Å². The van der Waals surface area contributed by atoms with Gasteiger partial charge in [0.05, 0.1) is 12.8 Å². The molecule has 1 N–H and O–H groups in total. The number of nitrogens with zero attached hydrogens (tertiary/aromatic N) is 1. The van der Waals surface area contributed by atoms with E-state index < -0.39 is 0 Å². The van der Waals surface area contributed by atoms with Crippen molar-refractivity contribution in [3.8, 4) is 5.75 Å². The molecule has 0 atom stereocenters. The first kappa shape index (κ1) is 15.0. The maximum Gasteiger partial charge on any atom is 0.143 e. The van der Waals surface area contributed by atoms with Gasteiger partial charge >= 0.3 is 0 Å². The van der Waals surface area contributed by atoms with Crippen LogP contribution in [0.25, 0.3) is 0 Å². The molecule has 108 valence electrons. The quantitative estimate of drug-likeness (QED) is 0.834. The van der Waals surface area contributed by atoms with Gasteiger partial charge in [0.15, 0.2) is 0 Å². The van der Waals surface area contributed by atoms with Gasteiger partial charge in [0.1, 0.15) is 5.75 Å². The molecule has 1 heterocycles. The van der Waals surface area contributed by atoms with E-state index in [1.54, 1.807) is 7.11 Å². The van der Waals surface area contributed by atoms with Gasteiger partial charge in [-0.25, -0.2) is 0 Å². The van der Waals surface area contributed by atoms with Crippen LogP contribution in [0.5, 0.6) is 5.75 Å². The Morgan fingerprint density at radius 3 is 2.85 bits per heavy atom. The smallest absolute Gasteiger partial charge is 0.143 e. The van der Waals surface area contributed by atoms with Crippen molar-refractivity contribution in [1.82, 2.24) is 4.57 Å². The summed E-state index contributed by atoms with van der Waals surface area (Å²) in [5.41, 5.74) is 3.51. The number of hydrogen-bond acceptors (Lipinski definition) is 2. The first-order chi connectivity index (χ1) is 9.63. The van der Waals surface area contributed by atoms with Crippen LogP contribution in [-0.4, -0.2) is 11.7 Å². The van der Waals surface area contributed by atoms with Gasteiger partial charge in [0.25, 0.3) is 0 Å². The van der Waals surface area contributed by atoms with Crippen molar-refractivity contribution in [2.45, 2.75) is 33.4 Å². The van der Waals surface area contributed by atoms with Crippen LogP contribution in [0, 0.1) is 6.92 Å². The summed E-state index contributed by atoms with van der Waals surface area (Å²) in [6.45, 7) is 6.14. The minimum absolute atomic E-state index is 0.801. The molecule has 0 radical (unpaired) electrons. The van der Waals surface area contributed by atoms with Gasteiger partial charge < -0.3 is 14.6 Å². The van der Waals surface area contributed by atoms with Crippen molar-refractivity contribution in [3.63, 3.8) is 0 Å². The van der Waals surface area contributed by atoms with Crippen molar-refractivity contribution in [1.29, 1.82) is 0 Å². The Balaban J connectivity index is 2.10. The second kappa shape index (κ2) is 6.84. The average molecular weight is 337 g/mol. The number of hydrogen-bond donors (Lipinski definition) is 1. The van der Waals surface area contributed by atoms with Crippen LogP contribution in [0.1, 0.15) is 24.5 Å². The topological polar surface area (TPSA) is 26.2 Å². The number of nitrogens with one attached hydrogen (secondary N) is 1. The summed E-state index contributed by atoms with van der Waals surface area (Å²) in [5, 5.41) is 3.47. The van der Waals surface area contributed by atoms with Gasteiger partial charge in [-0.05, 0) is 42.7 Å². The van der Waals surface area contributed by atoms with Gasteiger partial charge in [-0.3, -0.25) is 0 Å². The van der Waals surface area contributed by atoms with E-state index in [0.717, 1.165) is 35.4 Å². The minimum atomic E-state index is 0.801. The zero-order chi connectivity index (χ0) is 14.5. The summed E-state index contributed by atoms with van der Waals surface area (Å²) in [6, 6.07) is 6.23. The molecule has 0 amide bonds. The monoisotopic (exact) mass is 336 g/mol. The predicted octanol–water partition coefficient (Wildman–Crippen LogP) is 4.59. The van der Waals surface area contributed by atoms with Gasteiger partial charge in [-0.2, -0.15) is 0 Å². The Labute approximate surface area is 129 Å². The molecule has 0 unspecified atom stereocenters. The average Bonchev–Trinajstić information content (AvgIpc) is 2.85. The maximum atomic E-state index is 5.44. The fourth-order valence-corrected chi connectivity index (χ4v) is 2.83. The largest absolute Gasteiger partial charge is 0.495 e. The predicted molar refractivity (Wildman–Crippen MR) is 87.5 cm³/mol. The molecule has 20 heavy (non-hydrogen) atoms. The Morgan fingerprint density at radius 1 is 1.35 bits per heavy atom. The molecule has 1 aromatic heterocycles. The SMILES string of the molecule is CCCn1ccc(CNc2c(C)cc(Br)cc2OC)c1. The molecule has 4 heteroatoms. The molecular formula is C16H21BrN2O. The molecule has 0 aliphatic carbocycles. The summed E-state index contributed by atoms with van der Waals surface area (Å²) < 4.78 is 8.70. The third-order valence-electron chi connectivity index (χ3n) is 3.25. The zero-order valence-electron chi connectivity index (χ0n) is 12.2. The molecule has 2 rings (SSSR count). The van der Waals surface area contributed by atoms with Crippen LogP contribution in [0.2, 0.25) is 0 Å². The summed E-state index contributed by atoms with van der Waals surface area (Å²) in [4.78, 5) is 0. The molecule has 0 saturated carbocycles. The van der Waals surface area contributed by atoms with E-state index in [9.17, 15) is 0 Å². The lowest BCUT2D eigenvalue weighted by atomic mass is 10.1. The third kappa shape index (κ3) is 3.57. The zero-order valence-corrected chi connectivity index (χ0v) is 13.8. The van der Waals surface area contributed by atoms with E-state index in [1.165, 1.54) is 11.1 Å². The highest BCUT2D eigenvalue weighted by Gasteiger charge is 2.08. The van der Waals surface area contributed by atoms with Crippen LogP contribution in [-0.2, 0) is 13.1 Å². The van der Waals surface area contributed by atoms with Crippen LogP contribution < -0.4 is 10.1 Å². The number of aryl methyl sites for hydroxylation is 2. The number of aromatic nitrogens is 1. The van der Waals surface area contributed by atoms with Gasteiger partial charge in [0.2, 0.25) is 0 Å². The van der Waals surface area contributed by atoms with Crippen LogP contribution in [0.4, 0.5) is 5.69 Å². The molecule has 0 spiro atoms. The number of ether oxygens (including phenoxy) is 1. The van der Waals surface area contributed by atoms with Crippen molar-refractivity contribution < 1.29 is 4.74 Å². The van der Waals surface area contributed by atoms with Gasteiger partial charge in [-0.15, -0.1) is 0 Å². The Morgan fingerprint density at radius 2 is 2.15 bits per heavy atom. The fourth-order valence-electron chi connectivity index (χ4n) is 2.28. The van der Waals surface area contributed by atoms with Gasteiger partial charge in [-0.1, -0.05) is 22.9 Å². The highest BCUT2D eigenvalue weighted by Crippen LogP contribution is 2.32. The van der Waals surface area contributed by atoms with E-state index >= 15 is 0 Å². The van der Waals surface area contributed by atoms with Crippen LogP contribution in [0.3, 0.4) is 0 Å². The normalized spacial score (nSPS) is 10.6. The standard InChI is InChI=1S/C16H21BrN2O/c1-4-6-19-7-5-13(11-19)10-18-16-12(2)8-14(17)9-15(16)20-3/h5,7-9,11,18H,4,6,10H2,1-3H3. The number of rotatable bonds is 6. The fraction of sp³-hybridized carbons (Fsp3) is 0.375. The third-order valence-corrected chi connectivity index (χ3v) is 3.70. The highest BCUT2D eigenvalue weighted by atomic mass is 79.9. The molecule has 1 aromatic carbocycles. The lowest BCUT2D eigenvalue weighted by Crippen LogP contribution is -2.03. The Hall–Kier alpha value is -1.42. The van der Waals surface area contributed by atoms with Crippen molar-refractivity contribution in [3.05, 3.63) is 46.2 Å².